The summed E-state index contributed by atoms with van der Waals surface area (Å²) in [7, 11) is 0. The average molecular weight is 318 g/mol. The van der Waals surface area contributed by atoms with Crippen LogP contribution in [0, 0.1) is 0 Å². The van der Waals surface area contributed by atoms with Crippen LogP contribution in [0.5, 0.6) is 0 Å². The van der Waals surface area contributed by atoms with Crippen LogP contribution in [0.25, 0.3) is 0 Å². The smallest absolute Gasteiger partial charge is 0.233 e. The van der Waals surface area contributed by atoms with Crippen molar-refractivity contribution in [2.75, 3.05) is 6.54 Å². The summed E-state index contributed by atoms with van der Waals surface area (Å²) < 4.78 is 1.97. The number of benzene rings is 1. The molecule has 0 fully saturated rings. The van der Waals surface area contributed by atoms with Crippen LogP contribution in [0.3, 0.4) is 0 Å². The molecule has 0 saturated carbocycles. The predicted octanol–water partition coefficient (Wildman–Crippen LogP) is 2.70. The minimum Gasteiger partial charge on any atom is -0.355 e. The summed E-state index contributed by atoms with van der Waals surface area (Å²) in [4.78, 5) is 12.2. The molecule has 2 aromatic rings. The third-order valence-corrected chi connectivity index (χ3v) is 4.37. The quantitative estimate of drug-likeness (QED) is 0.797. The first-order valence-corrected chi connectivity index (χ1v) is 8.33. The minimum absolute atomic E-state index is 0.0271. The standard InChI is InChI=1S/C16H22N4OS/c1-12(2)20-11-18-19-16(20)22-13(3)15(21)17-10-9-14-7-5-4-6-8-14/h4-8,11-13H,9-10H2,1-3H3,(H,17,21). The van der Waals surface area contributed by atoms with Crippen LogP contribution in [0.4, 0.5) is 0 Å². The van der Waals surface area contributed by atoms with Crippen LogP contribution < -0.4 is 5.32 Å². The first kappa shape index (κ1) is 16.5. The highest BCUT2D eigenvalue weighted by Gasteiger charge is 2.18. The molecule has 5 nitrogen and oxygen atoms in total. The van der Waals surface area contributed by atoms with E-state index in [0.717, 1.165) is 11.6 Å². The zero-order chi connectivity index (χ0) is 15.9. The maximum absolute atomic E-state index is 12.2. The summed E-state index contributed by atoms with van der Waals surface area (Å²) in [6, 6.07) is 10.4. The first-order valence-electron chi connectivity index (χ1n) is 7.45. The van der Waals surface area contributed by atoms with Gasteiger partial charge in [0.1, 0.15) is 6.33 Å². The number of hydrogen-bond acceptors (Lipinski definition) is 4. The van der Waals surface area contributed by atoms with Gasteiger partial charge in [-0.1, -0.05) is 42.1 Å². The van der Waals surface area contributed by atoms with Gasteiger partial charge in [-0.15, -0.1) is 10.2 Å². The summed E-state index contributed by atoms with van der Waals surface area (Å²) >= 11 is 1.44. The van der Waals surface area contributed by atoms with Crippen LogP contribution in [0.15, 0.2) is 41.8 Å². The number of nitrogens with one attached hydrogen (secondary N) is 1. The zero-order valence-electron chi connectivity index (χ0n) is 13.2. The molecule has 1 N–H and O–H groups in total. The molecule has 2 rings (SSSR count). The largest absolute Gasteiger partial charge is 0.355 e. The van der Waals surface area contributed by atoms with Crippen molar-refractivity contribution in [3.63, 3.8) is 0 Å². The molecular weight excluding hydrogens is 296 g/mol. The number of thioether (sulfide) groups is 1. The second-order valence-corrected chi connectivity index (χ2v) is 6.71. The number of carbonyl (C=O) groups is 1. The number of carbonyl (C=O) groups excluding carboxylic acids is 1. The Morgan fingerprint density at radius 3 is 2.68 bits per heavy atom. The summed E-state index contributed by atoms with van der Waals surface area (Å²) in [5, 5.41) is 11.6. The predicted molar refractivity (Wildman–Crippen MR) is 88.9 cm³/mol. The molecule has 0 spiro atoms. The molecule has 1 heterocycles. The van der Waals surface area contributed by atoms with Crippen molar-refractivity contribution in [2.45, 2.75) is 43.6 Å². The Morgan fingerprint density at radius 1 is 1.27 bits per heavy atom. The van der Waals surface area contributed by atoms with Gasteiger partial charge in [-0.3, -0.25) is 4.79 Å². The van der Waals surface area contributed by atoms with E-state index in [1.165, 1.54) is 17.3 Å². The van der Waals surface area contributed by atoms with Gasteiger partial charge < -0.3 is 9.88 Å². The van der Waals surface area contributed by atoms with E-state index < -0.39 is 0 Å². The van der Waals surface area contributed by atoms with Crippen molar-refractivity contribution in [3.8, 4) is 0 Å². The number of amides is 1. The highest BCUT2D eigenvalue weighted by Crippen LogP contribution is 2.23. The van der Waals surface area contributed by atoms with Gasteiger partial charge in [-0.05, 0) is 32.8 Å². The van der Waals surface area contributed by atoms with Crippen LogP contribution in [-0.4, -0.2) is 32.5 Å². The van der Waals surface area contributed by atoms with E-state index in [-0.39, 0.29) is 17.2 Å². The SMILES string of the molecule is CC(Sc1nncn1C(C)C)C(=O)NCCc1ccccc1. The van der Waals surface area contributed by atoms with E-state index in [9.17, 15) is 4.79 Å². The van der Waals surface area contributed by atoms with E-state index in [0.29, 0.717) is 6.54 Å². The lowest BCUT2D eigenvalue weighted by atomic mass is 10.1. The van der Waals surface area contributed by atoms with Crippen molar-refractivity contribution < 1.29 is 4.79 Å². The van der Waals surface area contributed by atoms with Crippen molar-refractivity contribution in [1.82, 2.24) is 20.1 Å². The summed E-state index contributed by atoms with van der Waals surface area (Å²) in [6.07, 6.45) is 2.54. The number of nitrogens with zero attached hydrogens (tertiary/aromatic N) is 3. The minimum atomic E-state index is -0.197. The number of rotatable bonds is 7. The molecule has 0 aliphatic heterocycles. The van der Waals surface area contributed by atoms with E-state index in [1.807, 2.05) is 29.7 Å². The lowest BCUT2D eigenvalue weighted by Crippen LogP contribution is -2.32. The maximum atomic E-state index is 12.2. The summed E-state index contributed by atoms with van der Waals surface area (Å²) in [5.41, 5.74) is 1.22. The molecule has 0 aliphatic carbocycles. The van der Waals surface area contributed by atoms with Gasteiger partial charge in [0.2, 0.25) is 5.91 Å². The van der Waals surface area contributed by atoms with Crippen LogP contribution in [0.2, 0.25) is 0 Å². The Kier molecular flexibility index (Phi) is 6.00. The molecule has 6 heteroatoms. The Morgan fingerprint density at radius 2 is 2.00 bits per heavy atom. The lowest BCUT2D eigenvalue weighted by Gasteiger charge is -2.14. The third kappa shape index (κ3) is 4.59. The zero-order valence-corrected chi connectivity index (χ0v) is 14.0. The highest BCUT2D eigenvalue weighted by atomic mass is 32.2. The Bertz CT molecular complexity index is 597. The van der Waals surface area contributed by atoms with E-state index >= 15 is 0 Å². The van der Waals surface area contributed by atoms with Gasteiger partial charge in [0.05, 0.1) is 5.25 Å². The van der Waals surface area contributed by atoms with Gasteiger partial charge in [-0.2, -0.15) is 0 Å². The molecule has 1 aromatic heterocycles. The third-order valence-electron chi connectivity index (χ3n) is 3.30. The van der Waals surface area contributed by atoms with Crippen LogP contribution in [-0.2, 0) is 11.2 Å². The molecule has 0 bridgehead atoms. The molecule has 0 radical (unpaired) electrons. The van der Waals surface area contributed by atoms with E-state index in [2.05, 4.69) is 41.5 Å². The highest BCUT2D eigenvalue weighted by molar-refractivity contribution is 8.00. The van der Waals surface area contributed by atoms with Gasteiger partial charge in [0.15, 0.2) is 5.16 Å². The fourth-order valence-corrected chi connectivity index (χ4v) is 2.98. The second kappa shape index (κ2) is 7.98. The monoisotopic (exact) mass is 318 g/mol. The summed E-state index contributed by atoms with van der Waals surface area (Å²) in [6.45, 7) is 6.67. The Hall–Kier alpha value is -1.82. The first-order chi connectivity index (χ1) is 10.6. The molecule has 1 aromatic carbocycles. The van der Waals surface area contributed by atoms with E-state index in [4.69, 9.17) is 0 Å². The van der Waals surface area contributed by atoms with Crippen molar-refractivity contribution >= 4 is 17.7 Å². The lowest BCUT2D eigenvalue weighted by molar-refractivity contribution is -0.120. The fourth-order valence-electron chi connectivity index (χ4n) is 2.00. The van der Waals surface area contributed by atoms with E-state index in [1.54, 1.807) is 6.33 Å². The topological polar surface area (TPSA) is 59.8 Å². The van der Waals surface area contributed by atoms with Crippen LogP contribution >= 0.6 is 11.8 Å². The Balaban J connectivity index is 1.81. The number of hydrogen-bond donors (Lipinski definition) is 1. The molecule has 1 amide bonds. The van der Waals surface area contributed by atoms with Crippen molar-refractivity contribution in [3.05, 3.63) is 42.2 Å². The molecule has 22 heavy (non-hydrogen) atoms. The molecular formula is C16H22N4OS. The van der Waals surface area contributed by atoms with Gasteiger partial charge >= 0.3 is 0 Å². The molecule has 1 unspecified atom stereocenters. The second-order valence-electron chi connectivity index (χ2n) is 5.40. The fraction of sp³-hybridized carbons (Fsp3) is 0.438. The molecule has 0 aliphatic rings. The molecule has 118 valence electrons. The van der Waals surface area contributed by atoms with Gasteiger partial charge in [-0.25, -0.2) is 0 Å². The summed E-state index contributed by atoms with van der Waals surface area (Å²) in [5.74, 6) is 0.0271. The van der Waals surface area contributed by atoms with Gasteiger partial charge in [0, 0.05) is 12.6 Å². The molecule has 0 saturated heterocycles. The van der Waals surface area contributed by atoms with Gasteiger partial charge in [0.25, 0.3) is 0 Å². The van der Waals surface area contributed by atoms with Crippen molar-refractivity contribution in [2.24, 2.45) is 0 Å². The molecule has 1 atom stereocenters. The van der Waals surface area contributed by atoms with Crippen molar-refractivity contribution in [1.29, 1.82) is 0 Å². The normalized spacial score (nSPS) is 12.4. The number of aromatic nitrogens is 3. The average Bonchev–Trinajstić information content (AvgIpc) is 2.96. The Labute approximate surface area is 135 Å². The maximum Gasteiger partial charge on any atom is 0.233 e. The van der Waals surface area contributed by atoms with Crippen LogP contribution in [0.1, 0.15) is 32.4 Å².